The quantitative estimate of drug-likeness (QED) is 0.743. The summed E-state index contributed by atoms with van der Waals surface area (Å²) in [5.74, 6) is 0. The number of hydrogen-bond acceptors (Lipinski definition) is 1. The van der Waals surface area contributed by atoms with Crippen molar-refractivity contribution in [2.24, 2.45) is 0 Å². The number of benzene rings is 1. The molecule has 1 atom stereocenters. The molecule has 2 rings (SSSR count). The predicted molar refractivity (Wildman–Crippen MR) is 81.3 cm³/mol. The van der Waals surface area contributed by atoms with Crippen LogP contribution in [0, 0.1) is 20.8 Å². The molecule has 0 bridgehead atoms. The minimum absolute atomic E-state index is 0.0257. The SMILES string of the molecule is Cc1ccc(Cn2nc(C)c(C(C)Cl)c2C)c(Cl)c1. The van der Waals surface area contributed by atoms with Crippen molar-refractivity contribution < 1.29 is 0 Å². The zero-order valence-electron chi connectivity index (χ0n) is 11.7. The van der Waals surface area contributed by atoms with Gasteiger partial charge >= 0.3 is 0 Å². The summed E-state index contributed by atoms with van der Waals surface area (Å²) in [6.45, 7) is 8.73. The molecule has 2 aromatic rings. The molecule has 1 unspecified atom stereocenters. The Hall–Kier alpha value is -0.990. The Bertz CT molecular complexity index is 600. The number of aryl methyl sites for hydroxylation is 2. The van der Waals surface area contributed by atoms with Crippen LogP contribution in [0.2, 0.25) is 5.02 Å². The van der Waals surface area contributed by atoms with Crippen LogP contribution in [-0.2, 0) is 6.54 Å². The Labute approximate surface area is 124 Å². The lowest BCUT2D eigenvalue weighted by Gasteiger charge is -2.09. The fraction of sp³-hybridized carbons (Fsp3) is 0.400. The van der Waals surface area contributed by atoms with Crippen LogP contribution in [0.4, 0.5) is 0 Å². The summed E-state index contributed by atoms with van der Waals surface area (Å²) in [7, 11) is 0. The highest BCUT2D eigenvalue weighted by Gasteiger charge is 2.16. The van der Waals surface area contributed by atoms with E-state index in [0.717, 1.165) is 33.1 Å². The molecule has 0 saturated carbocycles. The van der Waals surface area contributed by atoms with Crippen LogP contribution in [0.15, 0.2) is 18.2 Å². The molecule has 0 spiro atoms. The van der Waals surface area contributed by atoms with E-state index in [1.165, 1.54) is 0 Å². The van der Waals surface area contributed by atoms with Gasteiger partial charge in [-0.25, -0.2) is 0 Å². The molecule has 1 heterocycles. The molecule has 102 valence electrons. The molecule has 1 aromatic heterocycles. The van der Waals surface area contributed by atoms with Gasteiger partial charge in [-0.3, -0.25) is 4.68 Å². The predicted octanol–water partition coefficient (Wildman–Crippen LogP) is 4.81. The third-order valence-corrected chi connectivity index (χ3v) is 3.93. The molecule has 0 aliphatic rings. The van der Waals surface area contributed by atoms with Gasteiger partial charge in [-0.1, -0.05) is 23.7 Å². The van der Waals surface area contributed by atoms with Crippen LogP contribution in [0.3, 0.4) is 0 Å². The van der Waals surface area contributed by atoms with Gasteiger partial charge in [-0.05, 0) is 44.9 Å². The van der Waals surface area contributed by atoms with Gasteiger partial charge in [-0.15, -0.1) is 11.6 Å². The third kappa shape index (κ3) is 2.96. The highest BCUT2D eigenvalue weighted by molar-refractivity contribution is 6.31. The number of rotatable bonds is 3. The summed E-state index contributed by atoms with van der Waals surface area (Å²) in [4.78, 5) is 0. The van der Waals surface area contributed by atoms with Crippen LogP contribution >= 0.6 is 23.2 Å². The Balaban J connectivity index is 2.36. The van der Waals surface area contributed by atoms with Gasteiger partial charge in [0.25, 0.3) is 0 Å². The fourth-order valence-electron chi connectivity index (χ4n) is 2.38. The number of halogens is 2. The van der Waals surface area contributed by atoms with E-state index in [-0.39, 0.29) is 5.38 Å². The Morgan fingerprint density at radius 3 is 2.47 bits per heavy atom. The average Bonchev–Trinajstić information content (AvgIpc) is 2.58. The first-order chi connectivity index (χ1) is 8.90. The molecule has 0 radical (unpaired) electrons. The first-order valence-electron chi connectivity index (χ1n) is 6.33. The number of hydrogen-bond donors (Lipinski definition) is 0. The minimum Gasteiger partial charge on any atom is -0.265 e. The molecule has 0 aliphatic heterocycles. The summed E-state index contributed by atoms with van der Waals surface area (Å²) in [5.41, 5.74) is 5.45. The van der Waals surface area contributed by atoms with Crippen molar-refractivity contribution in [2.45, 2.75) is 39.6 Å². The number of alkyl halides is 1. The Kier molecular flexibility index (Phi) is 4.22. The lowest BCUT2D eigenvalue weighted by Crippen LogP contribution is -2.05. The molecule has 0 saturated heterocycles. The molecule has 19 heavy (non-hydrogen) atoms. The maximum atomic E-state index is 6.27. The molecule has 0 fully saturated rings. The molecule has 1 aromatic carbocycles. The summed E-state index contributed by atoms with van der Waals surface area (Å²) in [6, 6.07) is 6.10. The second kappa shape index (κ2) is 5.56. The minimum atomic E-state index is -0.0257. The van der Waals surface area contributed by atoms with Crippen LogP contribution < -0.4 is 0 Å². The van der Waals surface area contributed by atoms with Gasteiger partial charge in [0.15, 0.2) is 0 Å². The Morgan fingerprint density at radius 2 is 1.95 bits per heavy atom. The van der Waals surface area contributed by atoms with Crippen LogP contribution in [0.5, 0.6) is 0 Å². The molecule has 0 amide bonds. The van der Waals surface area contributed by atoms with Gasteiger partial charge in [0.05, 0.1) is 17.6 Å². The van der Waals surface area contributed by atoms with E-state index in [1.54, 1.807) is 0 Å². The van der Waals surface area contributed by atoms with Crippen LogP contribution in [0.25, 0.3) is 0 Å². The van der Waals surface area contributed by atoms with Gasteiger partial charge in [0.2, 0.25) is 0 Å². The third-order valence-electron chi connectivity index (χ3n) is 3.36. The summed E-state index contributed by atoms with van der Waals surface area (Å²) < 4.78 is 1.97. The summed E-state index contributed by atoms with van der Waals surface area (Å²) in [6.07, 6.45) is 0. The second-order valence-electron chi connectivity index (χ2n) is 4.95. The first-order valence-corrected chi connectivity index (χ1v) is 7.14. The van der Waals surface area contributed by atoms with Crippen molar-refractivity contribution in [1.29, 1.82) is 0 Å². The van der Waals surface area contributed by atoms with E-state index < -0.39 is 0 Å². The normalized spacial score (nSPS) is 12.7. The number of aromatic nitrogens is 2. The summed E-state index contributed by atoms with van der Waals surface area (Å²) >= 11 is 12.5. The van der Waals surface area contributed by atoms with Crippen molar-refractivity contribution in [3.05, 3.63) is 51.3 Å². The van der Waals surface area contributed by atoms with Gasteiger partial charge in [0, 0.05) is 16.3 Å². The average molecular weight is 297 g/mol. The van der Waals surface area contributed by atoms with E-state index >= 15 is 0 Å². The van der Waals surface area contributed by atoms with E-state index in [9.17, 15) is 0 Å². The topological polar surface area (TPSA) is 17.8 Å². The summed E-state index contributed by atoms with van der Waals surface area (Å²) in [5, 5.41) is 5.32. The van der Waals surface area contributed by atoms with Gasteiger partial charge in [-0.2, -0.15) is 5.10 Å². The van der Waals surface area contributed by atoms with Gasteiger partial charge in [0.1, 0.15) is 0 Å². The van der Waals surface area contributed by atoms with E-state index in [4.69, 9.17) is 23.2 Å². The lowest BCUT2D eigenvalue weighted by molar-refractivity contribution is 0.658. The number of nitrogens with zero attached hydrogens (tertiary/aromatic N) is 2. The molecular formula is C15H18Cl2N2. The van der Waals surface area contributed by atoms with Crippen molar-refractivity contribution >= 4 is 23.2 Å². The fourth-order valence-corrected chi connectivity index (χ4v) is 2.99. The van der Waals surface area contributed by atoms with Crippen molar-refractivity contribution in [3.8, 4) is 0 Å². The standard InChI is InChI=1S/C15H18Cl2N2/c1-9-5-6-13(14(17)7-9)8-19-12(4)15(10(2)16)11(3)18-19/h5-7,10H,8H2,1-4H3. The smallest absolute Gasteiger partial charge is 0.0677 e. The van der Waals surface area contributed by atoms with Gasteiger partial charge < -0.3 is 0 Å². The molecule has 2 nitrogen and oxygen atoms in total. The first kappa shape index (κ1) is 14.4. The molecule has 0 aliphatic carbocycles. The largest absolute Gasteiger partial charge is 0.265 e. The maximum Gasteiger partial charge on any atom is 0.0677 e. The Morgan fingerprint density at radius 1 is 1.26 bits per heavy atom. The van der Waals surface area contributed by atoms with Crippen molar-refractivity contribution in [3.63, 3.8) is 0 Å². The van der Waals surface area contributed by atoms with E-state index in [1.807, 2.05) is 31.5 Å². The zero-order valence-corrected chi connectivity index (χ0v) is 13.2. The molecule has 0 N–H and O–H groups in total. The highest BCUT2D eigenvalue weighted by Crippen LogP contribution is 2.27. The van der Waals surface area contributed by atoms with E-state index in [0.29, 0.717) is 6.54 Å². The van der Waals surface area contributed by atoms with Crippen LogP contribution in [0.1, 0.15) is 40.4 Å². The van der Waals surface area contributed by atoms with E-state index in [2.05, 4.69) is 24.2 Å². The highest BCUT2D eigenvalue weighted by atomic mass is 35.5. The van der Waals surface area contributed by atoms with Crippen LogP contribution in [-0.4, -0.2) is 9.78 Å². The van der Waals surface area contributed by atoms with Crippen molar-refractivity contribution in [2.75, 3.05) is 0 Å². The lowest BCUT2D eigenvalue weighted by atomic mass is 10.1. The maximum absolute atomic E-state index is 6.27. The monoisotopic (exact) mass is 296 g/mol. The zero-order chi connectivity index (χ0) is 14.2. The molecule has 4 heteroatoms. The molecular weight excluding hydrogens is 279 g/mol. The van der Waals surface area contributed by atoms with Crippen molar-refractivity contribution in [1.82, 2.24) is 9.78 Å². The second-order valence-corrected chi connectivity index (χ2v) is 6.01.